The standard InChI is InChI=1S/C16H12ClF2N5OS/c17-11-6-2-1-5-10(11)15-21-23-24(22-15)9-14(25)20-12-7-3-4-8-13(12)26-16(18)19/h1-8,16H,9H2,(H,20,25). The summed E-state index contributed by atoms with van der Waals surface area (Å²) in [7, 11) is 0. The third-order valence-corrected chi connectivity index (χ3v) is 4.35. The smallest absolute Gasteiger partial charge is 0.288 e. The second-order valence-electron chi connectivity index (χ2n) is 5.05. The lowest BCUT2D eigenvalue weighted by molar-refractivity contribution is -0.117. The van der Waals surface area contributed by atoms with Crippen molar-refractivity contribution in [3.05, 3.63) is 53.6 Å². The van der Waals surface area contributed by atoms with Crippen molar-refractivity contribution in [2.24, 2.45) is 0 Å². The van der Waals surface area contributed by atoms with Gasteiger partial charge in [0.2, 0.25) is 11.7 Å². The van der Waals surface area contributed by atoms with Crippen LogP contribution in [-0.4, -0.2) is 31.9 Å². The number of hydrogen-bond acceptors (Lipinski definition) is 5. The van der Waals surface area contributed by atoms with Crippen LogP contribution in [0.2, 0.25) is 5.02 Å². The molecule has 3 rings (SSSR count). The first-order valence-electron chi connectivity index (χ1n) is 7.39. The number of nitrogens with zero attached hydrogens (tertiary/aromatic N) is 4. The first-order chi connectivity index (χ1) is 12.5. The average molecular weight is 396 g/mol. The van der Waals surface area contributed by atoms with Crippen LogP contribution in [0.15, 0.2) is 53.4 Å². The van der Waals surface area contributed by atoms with Crippen molar-refractivity contribution in [3.8, 4) is 11.4 Å². The van der Waals surface area contributed by atoms with Gasteiger partial charge in [-0.3, -0.25) is 4.79 Å². The molecule has 10 heteroatoms. The lowest BCUT2D eigenvalue weighted by Crippen LogP contribution is -2.20. The van der Waals surface area contributed by atoms with Crippen LogP contribution >= 0.6 is 23.4 Å². The topological polar surface area (TPSA) is 72.7 Å². The monoisotopic (exact) mass is 395 g/mol. The van der Waals surface area contributed by atoms with E-state index in [9.17, 15) is 13.6 Å². The highest BCUT2D eigenvalue weighted by Gasteiger charge is 2.14. The van der Waals surface area contributed by atoms with Gasteiger partial charge >= 0.3 is 0 Å². The molecule has 0 spiro atoms. The van der Waals surface area contributed by atoms with Crippen molar-refractivity contribution >= 4 is 35.0 Å². The molecule has 0 aliphatic rings. The fourth-order valence-corrected chi connectivity index (χ4v) is 2.96. The highest BCUT2D eigenvalue weighted by molar-refractivity contribution is 7.99. The number of rotatable bonds is 6. The van der Waals surface area contributed by atoms with E-state index in [1.807, 2.05) is 0 Å². The second kappa shape index (κ2) is 8.24. The van der Waals surface area contributed by atoms with Gasteiger partial charge in [0, 0.05) is 10.5 Å². The number of carbonyl (C=O) groups is 1. The molecule has 1 heterocycles. The van der Waals surface area contributed by atoms with E-state index >= 15 is 0 Å². The number of amides is 1. The summed E-state index contributed by atoms with van der Waals surface area (Å²) in [4.78, 5) is 13.6. The Morgan fingerprint density at radius 2 is 1.92 bits per heavy atom. The summed E-state index contributed by atoms with van der Waals surface area (Å²) in [5.74, 6) is -2.75. The Labute approximate surface area is 156 Å². The number of anilines is 1. The molecule has 3 aromatic rings. The molecule has 1 N–H and O–H groups in total. The molecule has 0 saturated carbocycles. The van der Waals surface area contributed by atoms with E-state index in [4.69, 9.17) is 11.6 Å². The van der Waals surface area contributed by atoms with Crippen LogP contribution in [0.3, 0.4) is 0 Å². The molecule has 6 nitrogen and oxygen atoms in total. The van der Waals surface area contributed by atoms with Gasteiger partial charge in [-0.05, 0) is 29.5 Å². The summed E-state index contributed by atoms with van der Waals surface area (Å²) in [5.41, 5.74) is 0.897. The molecule has 0 fully saturated rings. The Balaban J connectivity index is 1.69. The molecule has 0 unspecified atom stereocenters. The van der Waals surface area contributed by atoms with Gasteiger partial charge in [-0.1, -0.05) is 47.6 Å². The molecule has 0 atom stereocenters. The van der Waals surface area contributed by atoms with E-state index < -0.39 is 11.7 Å². The number of tetrazole rings is 1. The number of aromatic nitrogens is 4. The third-order valence-electron chi connectivity index (χ3n) is 3.23. The van der Waals surface area contributed by atoms with Crippen LogP contribution in [0.1, 0.15) is 0 Å². The maximum atomic E-state index is 12.6. The Morgan fingerprint density at radius 1 is 1.19 bits per heavy atom. The number of halogens is 3. The van der Waals surface area contributed by atoms with Crippen molar-refractivity contribution in [1.29, 1.82) is 0 Å². The minimum Gasteiger partial charge on any atom is -0.323 e. The molecule has 26 heavy (non-hydrogen) atoms. The van der Waals surface area contributed by atoms with Gasteiger partial charge in [0.25, 0.3) is 5.76 Å². The van der Waals surface area contributed by atoms with Crippen LogP contribution < -0.4 is 5.32 Å². The second-order valence-corrected chi connectivity index (χ2v) is 6.49. The van der Waals surface area contributed by atoms with Gasteiger partial charge in [-0.25, -0.2) is 0 Å². The molecule has 0 aliphatic heterocycles. The molecule has 0 saturated heterocycles. The molecule has 0 aliphatic carbocycles. The van der Waals surface area contributed by atoms with E-state index in [0.29, 0.717) is 28.0 Å². The zero-order valence-electron chi connectivity index (χ0n) is 13.1. The Morgan fingerprint density at radius 3 is 2.69 bits per heavy atom. The van der Waals surface area contributed by atoms with Gasteiger partial charge < -0.3 is 5.32 Å². The molecule has 2 aromatic carbocycles. The quantitative estimate of drug-likeness (QED) is 0.640. The predicted molar refractivity (Wildman–Crippen MR) is 95.2 cm³/mol. The first-order valence-corrected chi connectivity index (χ1v) is 8.65. The van der Waals surface area contributed by atoms with E-state index in [1.54, 1.807) is 42.5 Å². The molecular weight excluding hydrogens is 384 g/mol. The number of hydrogen-bond donors (Lipinski definition) is 1. The summed E-state index contributed by atoms with van der Waals surface area (Å²) >= 11 is 6.44. The third kappa shape index (κ3) is 4.55. The zero-order valence-corrected chi connectivity index (χ0v) is 14.7. The van der Waals surface area contributed by atoms with Crippen LogP contribution in [-0.2, 0) is 11.3 Å². The summed E-state index contributed by atoms with van der Waals surface area (Å²) in [6.45, 7) is -0.217. The minimum atomic E-state index is -2.58. The summed E-state index contributed by atoms with van der Waals surface area (Å²) < 4.78 is 25.2. The highest BCUT2D eigenvalue weighted by atomic mass is 35.5. The molecule has 134 valence electrons. The van der Waals surface area contributed by atoms with Gasteiger partial charge in [0.15, 0.2) is 0 Å². The molecule has 0 radical (unpaired) electrons. The van der Waals surface area contributed by atoms with Crippen LogP contribution in [0.5, 0.6) is 0 Å². The van der Waals surface area contributed by atoms with E-state index in [-0.39, 0.29) is 17.3 Å². The fourth-order valence-electron chi connectivity index (χ4n) is 2.15. The maximum Gasteiger partial charge on any atom is 0.288 e. The largest absolute Gasteiger partial charge is 0.323 e. The minimum absolute atomic E-state index is 0.217. The SMILES string of the molecule is O=C(Cn1nnc(-c2ccccc2Cl)n1)Nc1ccccc1SC(F)F. The number of benzene rings is 2. The van der Waals surface area contributed by atoms with E-state index in [2.05, 4.69) is 20.7 Å². The van der Waals surface area contributed by atoms with Crippen molar-refractivity contribution in [2.45, 2.75) is 17.2 Å². The Hall–Kier alpha value is -2.52. The van der Waals surface area contributed by atoms with Gasteiger partial charge in [-0.2, -0.15) is 13.6 Å². The highest BCUT2D eigenvalue weighted by Crippen LogP contribution is 2.31. The van der Waals surface area contributed by atoms with Crippen LogP contribution in [0.25, 0.3) is 11.4 Å². The fraction of sp³-hybridized carbons (Fsp3) is 0.125. The van der Waals surface area contributed by atoms with Crippen molar-refractivity contribution in [2.75, 3.05) is 5.32 Å². The average Bonchev–Trinajstić information content (AvgIpc) is 3.04. The maximum absolute atomic E-state index is 12.6. The van der Waals surface area contributed by atoms with E-state index in [1.165, 1.54) is 6.07 Å². The van der Waals surface area contributed by atoms with Crippen LogP contribution in [0.4, 0.5) is 14.5 Å². The number of carbonyl (C=O) groups excluding carboxylic acids is 1. The van der Waals surface area contributed by atoms with Crippen molar-refractivity contribution in [3.63, 3.8) is 0 Å². The summed E-state index contributed by atoms with van der Waals surface area (Å²) in [6, 6.07) is 13.3. The number of nitrogens with one attached hydrogen (secondary N) is 1. The van der Waals surface area contributed by atoms with E-state index in [0.717, 1.165) is 4.80 Å². The van der Waals surface area contributed by atoms with Gasteiger partial charge in [-0.15, -0.1) is 10.2 Å². The number of alkyl halides is 2. The Kier molecular flexibility index (Phi) is 5.79. The zero-order chi connectivity index (χ0) is 18.5. The first kappa shape index (κ1) is 18.3. The normalized spacial score (nSPS) is 10.9. The molecule has 1 aromatic heterocycles. The van der Waals surface area contributed by atoms with Gasteiger partial charge in [0.05, 0.1) is 10.7 Å². The lowest BCUT2D eigenvalue weighted by atomic mass is 10.2. The lowest BCUT2D eigenvalue weighted by Gasteiger charge is -2.09. The number of para-hydroxylation sites is 1. The van der Waals surface area contributed by atoms with Gasteiger partial charge in [0.1, 0.15) is 6.54 Å². The molecule has 0 bridgehead atoms. The van der Waals surface area contributed by atoms with Crippen LogP contribution in [0, 0.1) is 0 Å². The predicted octanol–water partition coefficient (Wildman–Crippen LogP) is 3.95. The summed E-state index contributed by atoms with van der Waals surface area (Å²) in [5, 5.41) is 14.9. The molecule has 1 amide bonds. The van der Waals surface area contributed by atoms with Crippen molar-refractivity contribution in [1.82, 2.24) is 20.2 Å². The summed E-state index contributed by atoms with van der Waals surface area (Å²) in [6.07, 6.45) is 0. The molecular formula is C16H12ClF2N5OS. The van der Waals surface area contributed by atoms with Crippen molar-refractivity contribution < 1.29 is 13.6 Å². The number of thioether (sulfide) groups is 1. The Bertz CT molecular complexity index is 921.